The molecule has 6 heteroatoms. The molecule has 1 saturated heterocycles. The molecule has 132 valence electrons. The highest BCUT2D eigenvalue weighted by Gasteiger charge is 2.25. The van der Waals surface area contributed by atoms with Crippen molar-refractivity contribution in [3.63, 3.8) is 0 Å². The second-order valence-electron chi connectivity index (χ2n) is 6.28. The fraction of sp³-hybridized carbons (Fsp3) is 0.368. The summed E-state index contributed by atoms with van der Waals surface area (Å²) in [5.41, 5.74) is 0.960. The first kappa shape index (κ1) is 17.7. The minimum absolute atomic E-state index is 0.0154. The second kappa shape index (κ2) is 7.85. The van der Waals surface area contributed by atoms with Crippen LogP contribution >= 0.6 is 11.6 Å². The first-order valence-electron chi connectivity index (χ1n) is 8.48. The van der Waals surface area contributed by atoms with Gasteiger partial charge < -0.3 is 9.47 Å². The summed E-state index contributed by atoms with van der Waals surface area (Å²) in [5, 5.41) is 0.775. The number of carbonyl (C=O) groups is 1. The number of hydrogen-bond donors (Lipinski definition) is 0. The standard InChI is InChI=1S/C19H22ClN3O2/c1-15(16-6-2-3-7-17(16)20)21-10-12-22(13-11-21)19(25)14-23-9-5-4-8-18(23)24/h2-9,15H,10-14H2,1H3. The zero-order valence-corrected chi connectivity index (χ0v) is 15.0. The molecular weight excluding hydrogens is 338 g/mol. The SMILES string of the molecule is CC(c1ccccc1Cl)N1CCN(C(=O)Cn2ccccc2=O)CC1. The normalized spacial score (nSPS) is 16.6. The number of aromatic nitrogens is 1. The van der Waals surface area contributed by atoms with Crippen LogP contribution in [-0.2, 0) is 11.3 Å². The average molecular weight is 360 g/mol. The van der Waals surface area contributed by atoms with Gasteiger partial charge in [-0.25, -0.2) is 0 Å². The van der Waals surface area contributed by atoms with Gasteiger partial charge in [-0.2, -0.15) is 0 Å². The Morgan fingerprint density at radius 1 is 1.08 bits per heavy atom. The van der Waals surface area contributed by atoms with Gasteiger partial charge in [0.2, 0.25) is 5.91 Å². The number of piperazine rings is 1. The highest BCUT2D eigenvalue weighted by Crippen LogP contribution is 2.27. The number of carbonyl (C=O) groups excluding carboxylic acids is 1. The molecule has 2 heterocycles. The van der Waals surface area contributed by atoms with Crippen molar-refractivity contribution in [1.82, 2.24) is 14.4 Å². The van der Waals surface area contributed by atoms with Crippen molar-refractivity contribution in [2.24, 2.45) is 0 Å². The fourth-order valence-corrected chi connectivity index (χ4v) is 3.50. The van der Waals surface area contributed by atoms with Crippen molar-refractivity contribution in [2.75, 3.05) is 26.2 Å². The molecule has 1 aromatic heterocycles. The molecule has 2 aromatic rings. The third kappa shape index (κ3) is 4.11. The Morgan fingerprint density at radius 3 is 2.44 bits per heavy atom. The lowest BCUT2D eigenvalue weighted by Gasteiger charge is -2.38. The molecule has 0 saturated carbocycles. The molecule has 0 N–H and O–H groups in total. The minimum atomic E-state index is -0.151. The van der Waals surface area contributed by atoms with Gasteiger partial charge in [0, 0.05) is 49.5 Å². The maximum absolute atomic E-state index is 12.4. The summed E-state index contributed by atoms with van der Waals surface area (Å²) < 4.78 is 1.45. The van der Waals surface area contributed by atoms with Crippen molar-refractivity contribution in [1.29, 1.82) is 0 Å². The van der Waals surface area contributed by atoms with Crippen LogP contribution in [0.3, 0.4) is 0 Å². The molecule has 0 aliphatic carbocycles. The summed E-state index contributed by atoms with van der Waals surface area (Å²) in [6, 6.07) is 13.0. The summed E-state index contributed by atoms with van der Waals surface area (Å²) in [7, 11) is 0. The van der Waals surface area contributed by atoms with Gasteiger partial charge in [-0.3, -0.25) is 14.5 Å². The summed E-state index contributed by atoms with van der Waals surface area (Å²) >= 11 is 6.30. The number of nitrogens with zero attached hydrogens (tertiary/aromatic N) is 3. The molecule has 1 atom stereocenters. The van der Waals surface area contributed by atoms with E-state index in [1.165, 1.54) is 10.6 Å². The lowest BCUT2D eigenvalue weighted by Crippen LogP contribution is -2.50. The van der Waals surface area contributed by atoms with E-state index in [-0.39, 0.29) is 24.1 Å². The van der Waals surface area contributed by atoms with Gasteiger partial charge in [0.05, 0.1) is 0 Å². The molecule has 0 spiro atoms. The molecule has 1 amide bonds. The summed E-state index contributed by atoms with van der Waals surface area (Å²) in [5.74, 6) is -0.0154. The predicted octanol–water partition coefficient (Wildman–Crippen LogP) is 2.41. The molecule has 0 bridgehead atoms. The topological polar surface area (TPSA) is 45.5 Å². The number of rotatable bonds is 4. The maximum Gasteiger partial charge on any atom is 0.250 e. The van der Waals surface area contributed by atoms with Crippen LogP contribution in [0.25, 0.3) is 0 Å². The molecular formula is C19H22ClN3O2. The molecule has 25 heavy (non-hydrogen) atoms. The van der Waals surface area contributed by atoms with Gasteiger partial charge in [-0.1, -0.05) is 35.9 Å². The zero-order valence-electron chi connectivity index (χ0n) is 14.3. The predicted molar refractivity (Wildman–Crippen MR) is 98.7 cm³/mol. The highest BCUT2D eigenvalue weighted by molar-refractivity contribution is 6.31. The van der Waals surface area contributed by atoms with Crippen molar-refractivity contribution in [3.8, 4) is 0 Å². The van der Waals surface area contributed by atoms with E-state index in [0.29, 0.717) is 13.1 Å². The van der Waals surface area contributed by atoms with Crippen LogP contribution in [0, 0.1) is 0 Å². The Morgan fingerprint density at radius 2 is 1.76 bits per heavy atom. The van der Waals surface area contributed by atoms with E-state index in [0.717, 1.165) is 23.7 Å². The average Bonchev–Trinajstić information content (AvgIpc) is 2.63. The van der Waals surface area contributed by atoms with E-state index in [2.05, 4.69) is 11.8 Å². The maximum atomic E-state index is 12.4. The third-order valence-corrected chi connectivity index (χ3v) is 5.12. The van der Waals surface area contributed by atoms with E-state index in [4.69, 9.17) is 11.6 Å². The number of halogens is 1. The molecule has 1 unspecified atom stereocenters. The summed E-state index contributed by atoms with van der Waals surface area (Å²) in [4.78, 5) is 28.3. The Labute approximate surface area is 152 Å². The quantitative estimate of drug-likeness (QED) is 0.842. The molecule has 1 fully saturated rings. The Kier molecular flexibility index (Phi) is 5.56. The minimum Gasteiger partial charge on any atom is -0.339 e. The van der Waals surface area contributed by atoms with E-state index >= 15 is 0 Å². The zero-order chi connectivity index (χ0) is 17.8. The Bertz CT molecular complexity index is 797. The smallest absolute Gasteiger partial charge is 0.250 e. The van der Waals surface area contributed by atoms with Crippen LogP contribution in [0.2, 0.25) is 5.02 Å². The number of pyridine rings is 1. The summed E-state index contributed by atoms with van der Waals surface area (Å²) in [6.07, 6.45) is 1.65. The van der Waals surface area contributed by atoms with E-state index in [9.17, 15) is 9.59 Å². The van der Waals surface area contributed by atoms with Gasteiger partial charge >= 0.3 is 0 Å². The van der Waals surface area contributed by atoms with E-state index < -0.39 is 0 Å². The van der Waals surface area contributed by atoms with Crippen molar-refractivity contribution >= 4 is 17.5 Å². The molecule has 5 nitrogen and oxygen atoms in total. The number of hydrogen-bond acceptors (Lipinski definition) is 3. The van der Waals surface area contributed by atoms with E-state index in [1.54, 1.807) is 18.3 Å². The number of benzene rings is 1. The van der Waals surface area contributed by atoms with Gasteiger partial charge in [-0.15, -0.1) is 0 Å². The first-order valence-corrected chi connectivity index (χ1v) is 8.86. The molecule has 1 aliphatic heterocycles. The van der Waals surface area contributed by atoms with E-state index in [1.807, 2.05) is 29.2 Å². The van der Waals surface area contributed by atoms with Crippen LogP contribution in [0.4, 0.5) is 0 Å². The van der Waals surface area contributed by atoms with Crippen molar-refractivity contribution in [3.05, 3.63) is 69.6 Å². The largest absolute Gasteiger partial charge is 0.339 e. The van der Waals surface area contributed by atoms with Crippen LogP contribution < -0.4 is 5.56 Å². The molecule has 1 aromatic carbocycles. The van der Waals surface area contributed by atoms with Gasteiger partial charge in [-0.05, 0) is 24.6 Å². The fourth-order valence-electron chi connectivity index (χ4n) is 3.21. The van der Waals surface area contributed by atoms with Gasteiger partial charge in [0.15, 0.2) is 0 Å². The second-order valence-corrected chi connectivity index (χ2v) is 6.69. The Hall–Kier alpha value is -2.11. The third-order valence-electron chi connectivity index (χ3n) is 4.77. The van der Waals surface area contributed by atoms with Crippen molar-refractivity contribution < 1.29 is 4.79 Å². The lowest BCUT2D eigenvalue weighted by molar-refractivity contribution is -0.134. The first-order chi connectivity index (χ1) is 12.1. The molecule has 3 rings (SSSR count). The highest BCUT2D eigenvalue weighted by atomic mass is 35.5. The lowest BCUT2D eigenvalue weighted by atomic mass is 10.1. The van der Waals surface area contributed by atoms with Crippen LogP contribution in [0.15, 0.2) is 53.5 Å². The van der Waals surface area contributed by atoms with Crippen LogP contribution in [0.1, 0.15) is 18.5 Å². The Balaban J connectivity index is 1.58. The molecule has 0 radical (unpaired) electrons. The van der Waals surface area contributed by atoms with Gasteiger partial charge in [0.1, 0.15) is 6.54 Å². The molecule has 1 aliphatic rings. The van der Waals surface area contributed by atoms with Crippen molar-refractivity contribution in [2.45, 2.75) is 19.5 Å². The van der Waals surface area contributed by atoms with Crippen LogP contribution in [-0.4, -0.2) is 46.5 Å². The van der Waals surface area contributed by atoms with Crippen LogP contribution in [0.5, 0.6) is 0 Å². The summed E-state index contributed by atoms with van der Waals surface area (Å²) in [6.45, 7) is 5.15. The van der Waals surface area contributed by atoms with Gasteiger partial charge in [0.25, 0.3) is 5.56 Å². The number of amides is 1. The monoisotopic (exact) mass is 359 g/mol.